The second-order valence-corrected chi connectivity index (χ2v) is 9.03. The van der Waals surface area contributed by atoms with Gasteiger partial charge in [0.15, 0.2) is 0 Å². The summed E-state index contributed by atoms with van der Waals surface area (Å²) in [6.45, 7) is 3.50. The number of aromatic nitrogens is 2. The molecule has 8 heteroatoms. The number of hydrogen-bond donors (Lipinski definition) is 1. The highest BCUT2D eigenvalue weighted by molar-refractivity contribution is 5.66. The largest absolute Gasteiger partial charge is 0.466 e. The molecule has 5 nitrogen and oxygen atoms in total. The summed E-state index contributed by atoms with van der Waals surface area (Å²) in [7, 11) is 0. The van der Waals surface area contributed by atoms with Gasteiger partial charge in [-0.2, -0.15) is 13.2 Å². The van der Waals surface area contributed by atoms with E-state index >= 15 is 0 Å². The molecular formula is C27H28F3N3O2. The summed E-state index contributed by atoms with van der Waals surface area (Å²) >= 11 is 0. The number of anilines is 2. The Kier molecular flexibility index (Phi) is 7.38. The van der Waals surface area contributed by atoms with Crippen LogP contribution in [0.1, 0.15) is 55.5 Å². The first-order chi connectivity index (χ1) is 16.7. The van der Waals surface area contributed by atoms with Gasteiger partial charge in [0.2, 0.25) is 0 Å². The Labute approximate surface area is 202 Å². The SMILES string of the molecule is CC(=O)OCC1CCC(c2ccc(-c3ccc(Nc4ccc(C(F)(F)F)nc4C)nc3)cc2)CC1. The van der Waals surface area contributed by atoms with Crippen LogP contribution >= 0.6 is 0 Å². The predicted molar refractivity (Wildman–Crippen MR) is 128 cm³/mol. The maximum absolute atomic E-state index is 12.8. The zero-order chi connectivity index (χ0) is 25.0. The fraction of sp³-hybridized carbons (Fsp3) is 0.370. The number of carbonyl (C=O) groups is 1. The molecular weight excluding hydrogens is 455 g/mol. The van der Waals surface area contributed by atoms with Crippen molar-refractivity contribution >= 4 is 17.5 Å². The van der Waals surface area contributed by atoms with Crippen LogP contribution in [0.4, 0.5) is 24.7 Å². The quantitative estimate of drug-likeness (QED) is 0.381. The summed E-state index contributed by atoms with van der Waals surface area (Å²) in [6.07, 6.45) is 1.57. The highest BCUT2D eigenvalue weighted by atomic mass is 19.4. The average Bonchev–Trinajstić information content (AvgIpc) is 2.84. The minimum absolute atomic E-state index is 0.215. The van der Waals surface area contributed by atoms with E-state index in [4.69, 9.17) is 4.74 Å². The number of nitrogens with one attached hydrogen (secondary N) is 1. The van der Waals surface area contributed by atoms with Crippen molar-refractivity contribution in [2.75, 3.05) is 11.9 Å². The van der Waals surface area contributed by atoms with E-state index in [1.54, 1.807) is 12.3 Å². The van der Waals surface area contributed by atoms with Crippen LogP contribution in [0.3, 0.4) is 0 Å². The standard InChI is InChI=1S/C27H28F3N3O2/c1-17-24(12-13-25(32-17)27(28,29)30)33-26-14-11-23(15-31-26)22-9-7-21(8-10-22)20-5-3-19(4-6-20)16-35-18(2)34/h7-15,19-20H,3-6,16H2,1-2H3,(H,31,33). The first-order valence-electron chi connectivity index (χ1n) is 11.7. The molecule has 1 aliphatic carbocycles. The number of aryl methyl sites for hydroxylation is 1. The van der Waals surface area contributed by atoms with E-state index < -0.39 is 11.9 Å². The first-order valence-corrected chi connectivity index (χ1v) is 11.7. The Balaban J connectivity index is 1.36. The van der Waals surface area contributed by atoms with Crippen LogP contribution in [0, 0.1) is 12.8 Å². The van der Waals surface area contributed by atoms with Crippen molar-refractivity contribution in [3.8, 4) is 11.1 Å². The molecule has 0 saturated heterocycles. The second kappa shape index (κ2) is 10.5. The molecule has 1 saturated carbocycles. The molecule has 0 unspecified atom stereocenters. The predicted octanol–water partition coefficient (Wildman–Crippen LogP) is 7.05. The van der Waals surface area contributed by atoms with Gasteiger partial charge in [-0.15, -0.1) is 0 Å². The maximum Gasteiger partial charge on any atom is 0.433 e. The Morgan fingerprint density at radius 3 is 2.26 bits per heavy atom. The number of hydrogen-bond acceptors (Lipinski definition) is 5. The monoisotopic (exact) mass is 483 g/mol. The van der Waals surface area contributed by atoms with Gasteiger partial charge in [-0.1, -0.05) is 24.3 Å². The molecule has 0 atom stereocenters. The Morgan fingerprint density at radius 2 is 1.69 bits per heavy atom. The molecule has 1 fully saturated rings. The molecule has 0 spiro atoms. The topological polar surface area (TPSA) is 64.1 Å². The summed E-state index contributed by atoms with van der Waals surface area (Å²) in [4.78, 5) is 19.1. The van der Waals surface area contributed by atoms with E-state index in [1.807, 2.05) is 6.07 Å². The number of benzene rings is 1. The highest BCUT2D eigenvalue weighted by Crippen LogP contribution is 2.36. The number of pyridine rings is 2. The smallest absolute Gasteiger partial charge is 0.433 e. The van der Waals surface area contributed by atoms with Crippen molar-refractivity contribution in [2.24, 2.45) is 5.92 Å². The normalized spacial score (nSPS) is 18.2. The Bertz CT molecular complexity index is 1150. The third-order valence-corrected chi connectivity index (χ3v) is 6.49. The van der Waals surface area contributed by atoms with Gasteiger partial charge in [0.25, 0.3) is 0 Å². The van der Waals surface area contributed by atoms with Crippen LogP contribution in [0.2, 0.25) is 0 Å². The van der Waals surface area contributed by atoms with Gasteiger partial charge >= 0.3 is 12.1 Å². The van der Waals surface area contributed by atoms with Crippen molar-refractivity contribution in [3.05, 3.63) is 71.7 Å². The summed E-state index contributed by atoms with van der Waals surface area (Å²) < 4.78 is 43.6. The molecule has 1 aliphatic rings. The van der Waals surface area contributed by atoms with E-state index in [-0.39, 0.29) is 11.7 Å². The van der Waals surface area contributed by atoms with Gasteiger partial charge in [-0.3, -0.25) is 4.79 Å². The van der Waals surface area contributed by atoms with E-state index in [9.17, 15) is 18.0 Å². The molecule has 1 aromatic carbocycles. The number of alkyl halides is 3. The van der Waals surface area contributed by atoms with Crippen LogP contribution < -0.4 is 5.32 Å². The summed E-state index contributed by atoms with van der Waals surface area (Å²) in [5, 5.41) is 3.03. The van der Waals surface area contributed by atoms with E-state index in [2.05, 4.69) is 39.6 Å². The number of nitrogens with zero attached hydrogens (tertiary/aromatic N) is 2. The zero-order valence-electron chi connectivity index (χ0n) is 19.7. The number of esters is 1. The number of carbonyl (C=O) groups excluding carboxylic acids is 1. The van der Waals surface area contributed by atoms with Gasteiger partial charge < -0.3 is 10.1 Å². The summed E-state index contributed by atoms with van der Waals surface area (Å²) in [5.41, 5.74) is 3.13. The van der Waals surface area contributed by atoms with Crippen molar-refractivity contribution in [1.29, 1.82) is 0 Å². The van der Waals surface area contributed by atoms with Crippen molar-refractivity contribution < 1.29 is 22.7 Å². The third kappa shape index (κ3) is 6.38. The van der Waals surface area contributed by atoms with E-state index in [0.29, 0.717) is 29.9 Å². The van der Waals surface area contributed by atoms with Gasteiger partial charge in [-0.25, -0.2) is 9.97 Å². The van der Waals surface area contributed by atoms with Crippen LogP contribution in [0.5, 0.6) is 0 Å². The Hall–Kier alpha value is -3.42. The number of ether oxygens (including phenoxy) is 1. The molecule has 0 amide bonds. The molecule has 1 N–H and O–H groups in total. The minimum Gasteiger partial charge on any atom is -0.466 e. The third-order valence-electron chi connectivity index (χ3n) is 6.49. The van der Waals surface area contributed by atoms with Crippen LogP contribution in [0.15, 0.2) is 54.7 Å². The van der Waals surface area contributed by atoms with Crippen LogP contribution in [-0.4, -0.2) is 22.5 Å². The van der Waals surface area contributed by atoms with Crippen molar-refractivity contribution in [3.63, 3.8) is 0 Å². The molecule has 0 bridgehead atoms. The lowest BCUT2D eigenvalue weighted by molar-refractivity contribution is -0.143. The van der Waals surface area contributed by atoms with Crippen LogP contribution in [0.25, 0.3) is 11.1 Å². The lowest BCUT2D eigenvalue weighted by Gasteiger charge is -2.28. The van der Waals surface area contributed by atoms with Gasteiger partial charge in [-0.05, 0) is 79.8 Å². The highest BCUT2D eigenvalue weighted by Gasteiger charge is 2.32. The molecule has 0 aliphatic heterocycles. The average molecular weight is 484 g/mol. The lowest BCUT2D eigenvalue weighted by atomic mass is 9.79. The van der Waals surface area contributed by atoms with Crippen LogP contribution in [-0.2, 0) is 15.7 Å². The van der Waals surface area contributed by atoms with Crippen molar-refractivity contribution in [2.45, 2.75) is 51.6 Å². The minimum atomic E-state index is -4.47. The fourth-order valence-electron chi connectivity index (χ4n) is 4.47. The Morgan fingerprint density at radius 1 is 1.00 bits per heavy atom. The van der Waals surface area contributed by atoms with E-state index in [0.717, 1.165) is 42.9 Å². The maximum atomic E-state index is 12.8. The van der Waals surface area contributed by atoms with Gasteiger partial charge in [0.05, 0.1) is 18.0 Å². The molecule has 3 aromatic rings. The molecule has 0 radical (unpaired) electrons. The van der Waals surface area contributed by atoms with E-state index in [1.165, 1.54) is 25.5 Å². The molecule has 4 rings (SSSR count). The second-order valence-electron chi connectivity index (χ2n) is 9.03. The fourth-order valence-corrected chi connectivity index (χ4v) is 4.47. The number of halogens is 3. The van der Waals surface area contributed by atoms with Gasteiger partial charge in [0.1, 0.15) is 11.5 Å². The molecule has 35 heavy (non-hydrogen) atoms. The summed E-state index contributed by atoms with van der Waals surface area (Å²) in [6, 6.07) is 14.6. The number of rotatable bonds is 6. The molecule has 184 valence electrons. The summed E-state index contributed by atoms with van der Waals surface area (Å²) in [5.74, 6) is 1.28. The first kappa shape index (κ1) is 24.7. The molecule has 2 aromatic heterocycles. The van der Waals surface area contributed by atoms with Gasteiger partial charge in [0, 0.05) is 18.7 Å². The molecule has 2 heterocycles. The lowest BCUT2D eigenvalue weighted by Crippen LogP contribution is -2.19. The zero-order valence-corrected chi connectivity index (χ0v) is 19.7. The van der Waals surface area contributed by atoms with Crippen molar-refractivity contribution in [1.82, 2.24) is 9.97 Å².